The minimum Gasteiger partial charge on any atom is -0.508 e. The van der Waals surface area contributed by atoms with Gasteiger partial charge in [-0.15, -0.1) is 0 Å². The second-order valence-electron chi connectivity index (χ2n) is 7.22. The van der Waals surface area contributed by atoms with Crippen molar-refractivity contribution in [2.45, 2.75) is 26.3 Å². The Morgan fingerprint density at radius 1 is 1.10 bits per heavy atom. The smallest absolute Gasteiger partial charge is 0.224 e. The highest BCUT2D eigenvalue weighted by atomic mass is 16.5. The Morgan fingerprint density at radius 3 is 2.63 bits per heavy atom. The number of imidazole rings is 1. The number of nitrogens with zero attached hydrogens (tertiary/aromatic N) is 5. The van der Waals surface area contributed by atoms with Gasteiger partial charge in [-0.3, -0.25) is 0 Å². The highest BCUT2D eigenvalue weighted by Crippen LogP contribution is 2.29. The number of hydrogen-bond donors (Lipinski definition) is 2. The van der Waals surface area contributed by atoms with Crippen LogP contribution < -0.4 is 10.1 Å². The Morgan fingerprint density at radius 2 is 1.90 bits per heavy atom. The lowest BCUT2D eigenvalue weighted by Crippen LogP contribution is -2.09. The molecule has 3 aromatic heterocycles. The van der Waals surface area contributed by atoms with Crippen molar-refractivity contribution in [2.24, 2.45) is 0 Å². The lowest BCUT2D eigenvalue weighted by molar-refractivity contribution is 0.399. The molecule has 2 N–H and O–H groups in total. The third kappa shape index (κ3) is 3.89. The van der Waals surface area contributed by atoms with Crippen molar-refractivity contribution in [3.63, 3.8) is 0 Å². The number of benzene rings is 1. The Kier molecular flexibility index (Phi) is 5.47. The number of rotatable bonds is 7. The number of nitrogens with one attached hydrogen (secondary N) is 1. The van der Waals surface area contributed by atoms with Crippen molar-refractivity contribution in [1.29, 1.82) is 0 Å². The van der Waals surface area contributed by atoms with Gasteiger partial charge in [-0.2, -0.15) is 0 Å². The van der Waals surface area contributed by atoms with Crippen molar-refractivity contribution in [1.82, 2.24) is 24.5 Å². The van der Waals surface area contributed by atoms with E-state index in [0.29, 0.717) is 24.1 Å². The zero-order valence-corrected chi connectivity index (χ0v) is 17.2. The third-order valence-corrected chi connectivity index (χ3v) is 4.83. The van der Waals surface area contributed by atoms with Crippen LogP contribution in [-0.2, 0) is 6.42 Å². The van der Waals surface area contributed by atoms with E-state index in [2.05, 4.69) is 29.1 Å². The lowest BCUT2D eigenvalue weighted by atomic mass is 10.1. The van der Waals surface area contributed by atoms with E-state index < -0.39 is 0 Å². The molecule has 0 atom stereocenters. The zero-order chi connectivity index (χ0) is 21.1. The predicted molar refractivity (Wildman–Crippen MR) is 116 cm³/mol. The molecule has 0 aliphatic rings. The molecule has 154 valence electrons. The average molecular weight is 404 g/mol. The maximum absolute atomic E-state index is 9.45. The number of methoxy groups -OCH3 is 1. The van der Waals surface area contributed by atoms with E-state index in [0.717, 1.165) is 28.7 Å². The number of aromatic hydroxyl groups is 1. The fourth-order valence-corrected chi connectivity index (χ4v) is 3.25. The summed E-state index contributed by atoms with van der Waals surface area (Å²) in [6, 6.07) is 11.1. The van der Waals surface area contributed by atoms with Gasteiger partial charge in [-0.25, -0.2) is 19.9 Å². The number of aromatic nitrogens is 5. The molecule has 4 aromatic rings. The topological polar surface area (TPSA) is 98.0 Å². The first-order valence-corrected chi connectivity index (χ1v) is 9.82. The summed E-state index contributed by atoms with van der Waals surface area (Å²) in [4.78, 5) is 18.3. The molecule has 0 saturated heterocycles. The predicted octanol–water partition coefficient (Wildman–Crippen LogP) is 3.84. The normalized spacial score (nSPS) is 11.2. The largest absolute Gasteiger partial charge is 0.508 e. The molecule has 0 amide bonds. The van der Waals surface area contributed by atoms with Gasteiger partial charge in [0.2, 0.25) is 5.88 Å². The van der Waals surface area contributed by atoms with E-state index in [1.165, 1.54) is 0 Å². The number of phenols is 1. The van der Waals surface area contributed by atoms with Gasteiger partial charge in [0.1, 0.15) is 11.3 Å². The Hall–Kier alpha value is -3.68. The van der Waals surface area contributed by atoms with Crippen LogP contribution >= 0.6 is 0 Å². The van der Waals surface area contributed by atoms with Crippen LogP contribution in [0.1, 0.15) is 25.5 Å². The summed E-state index contributed by atoms with van der Waals surface area (Å²) >= 11 is 0. The van der Waals surface area contributed by atoms with E-state index in [4.69, 9.17) is 14.7 Å². The lowest BCUT2D eigenvalue weighted by Gasteiger charge is -2.12. The van der Waals surface area contributed by atoms with Crippen molar-refractivity contribution in [2.75, 3.05) is 19.0 Å². The van der Waals surface area contributed by atoms with E-state index >= 15 is 0 Å². The monoisotopic (exact) mass is 404 g/mol. The van der Waals surface area contributed by atoms with Gasteiger partial charge in [0.25, 0.3) is 0 Å². The quantitative estimate of drug-likeness (QED) is 0.483. The fourth-order valence-electron chi connectivity index (χ4n) is 3.25. The second-order valence-corrected chi connectivity index (χ2v) is 7.22. The number of anilines is 1. The number of pyridine rings is 1. The van der Waals surface area contributed by atoms with Crippen LogP contribution in [0.5, 0.6) is 11.6 Å². The number of fused-ring (bicyclic) bond motifs is 1. The molecule has 8 heteroatoms. The molecule has 4 rings (SSSR count). The van der Waals surface area contributed by atoms with Crippen LogP contribution in [0.15, 0.2) is 48.9 Å². The molecule has 0 saturated carbocycles. The first-order valence-electron chi connectivity index (χ1n) is 9.82. The van der Waals surface area contributed by atoms with E-state index in [1.807, 2.05) is 28.8 Å². The summed E-state index contributed by atoms with van der Waals surface area (Å²) in [5.74, 6) is 1.93. The summed E-state index contributed by atoms with van der Waals surface area (Å²) < 4.78 is 7.43. The van der Waals surface area contributed by atoms with E-state index in [1.54, 1.807) is 31.8 Å². The van der Waals surface area contributed by atoms with Crippen LogP contribution in [0, 0.1) is 0 Å². The van der Waals surface area contributed by atoms with Gasteiger partial charge in [0, 0.05) is 18.8 Å². The molecular weight excluding hydrogens is 380 g/mol. The van der Waals surface area contributed by atoms with Gasteiger partial charge in [-0.1, -0.05) is 12.1 Å². The van der Waals surface area contributed by atoms with Crippen molar-refractivity contribution in [3.05, 3.63) is 54.5 Å². The third-order valence-electron chi connectivity index (χ3n) is 4.83. The minimum absolute atomic E-state index is 0.207. The summed E-state index contributed by atoms with van der Waals surface area (Å²) in [6.07, 6.45) is 4.25. The maximum atomic E-state index is 9.45. The summed E-state index contributed by atoms with van der Waals surface area (Å²) in [5, 5.41) is 12.8. The molecule has 8 nitrogen and oxygen atoms in total. The number of phenolic OH excluding ortho intramolecular Hbond substituents is 1. The molecule has 0 radical (unpaired) electrons. The molecular formula is C22H24N6O2. The molecule has 3 heterocycles. The van der Waals surface area contributed by atoms with Gasteiger partial charge >= 0.3 is 0 Å². The van der Waals surface area contributed by atoms with Gasteiger partial charge in [-0.05, 0) is 50.1 Å². The van der Waals surface area contributed by atoms with Gasteiger partial charge < -0.3 is 19.7 Å². The number of hydrogen-bond acceptors (Lipinski definition) is 7. The van der Waals surface area contributed by atoms with Crippen LogP contribution in [0.3, 0.4) is 0 Å². The maximum Gasteiger partial charge on any atom is 0.224 e. The SMILES string of the molecule is COc1ncccc1-c1nc(NCCc2ccc(O)cc2)c2ncn(C(C)C)c2n1. The first kappa shape index (κ1) is 19.6. The van der Waals surface area contributed by atoms with Crippen molar-refractivity contribution < 1.29 is 9.84 Å². The second kappa shape index (κ2) is 8.36. The van der Waals surface area contributed by atoms with Gasteiger partial charge in [0.15, 0.2) is 17.3 Å². The standard InChI is InChI=1S/C22H24N6O2/c1-14(2)28-13-25-18-20(23-12-10-15-6-8-16(29)9-7-15)26-19(27-21(18)28)17-5-4-11-24-22(17)30-3/h4-9,11,13-14,29H,10,12H2,1-3H3,(H,23,26,27). The zero-order valence-electron chi connectivity index (χ0n) is 17.2. The molecule has 1 aromatic carbocycles. The van der Waals surface area contributed by atoms with Crippen LogP contribution in [-0.4, -0.2) is 43.3 Å². The molecule has 0 aliphatic heterocycles. The average Bonchev–Trinajstić information content (AvgIpc) is 3.19. The highest BCUT2D eigenvalue weighted by molar-refractivity contribution is 5.85. The van der Waals surface area contributed by atoms with Crippen molar-refractivity contribution >= 4 is 17.0 Å². The molecule has 0 unspecified atom stereocenters. The Labute approximate surface area is 174 Å². The summed E-state index contributed by atoms with van der Waals surface area (Å²) in [6.45, 7) is 4.84. The van der Waals surface area contributed by atoms with E-state index in [9.17, 15) is 5.11 Å². The first-order chi connectivity index (χ1) is 14.6. The fraction of sp³-hybridized carbons (Fsp3) is 0.273. The molecule has 30 heavy (non-hydrogen) atoms. The molecule has 0 aliphatic carbocycles. The van der Waals surface area contributed by atoms with E-state index in [-0.39, 0.29) is 11.8 Å². The molecule has 0 spiro atoms. The van der Waals surface area contributed by atoms with Crippen LogP contribution in [0.25, 0.3) is 22.6 Å². The van der Waals surface area contributed by atoms with Crippen LogP contribution in [0.2, 0.25) is 0 Å². The highest BCUT2D eigenvalue weighted by Gasteiger charge is 2.18. The Bertz CT molecular complexity index is 1150. The minimum atomic E-state index is 0.207. The number of ether oxygens (including phenoxy) is 1. The summed E-state index contributed by atoms with van der Waals surface area (Å²) in [5.41, 5.74) is 3.32. The van der Waals surface area contributed by atoms with Gasteiger partial charge in [0.05, 0.1) is 19.0 Å². The van der Waals surface area contributed by atoms with Crippen LogP contribution in [0.4, 0.5) is 5.82 Å². The molecule has 0 bridgehead atoms. The van der Waals surface area contributed by atoms with Crippen molar-refractivity contribution in [3.8, 4) is 23.0 Å². The summed E-state index contributed by atoms with van der Waals surface area (Å²) in [7, 11) is 1.58. The molecule has 0 fully saturated rings. The Balaban J connectivity index is 1.71.